The Morgan fingerprint density at radius 3 is 2.68 bits per heavy atom. The van der Waals surface area contributed by atoms with Gasteiger partial charge in [-0.25, -0.2) is 8.78 Å². The van der Waals surface area contributed by atoms with Gasteiger partial charge >= 0.3 is 0 Å². The second-order valence-electron chi connectivity index (χ2n) is 6.82. The fourth-order valence-corrected chi connectivity index (χ4v) is 3.70. The van der Waals surface area contributed by atoms with Crippen molar-refractivity contribution in [3.8, 4) is 5.75 Å². The summed E-state index contributed by atoms with van der Waals surface area (Å²) in [6.07, 6.45) is -0.960. The summed E-state index contributed by atoms with van der Waals surface area (Å²) < 4.78 is 41.7. The molecule has 0 amide bonds. The maximum Gasteiger partial charge on any atom is 0.299 e. The number of alkyl halides is 2. The Morgan fingerprint density at radius 1 is 1.21 bits per heavy atom. The van der Waals surface area contributed by atoms with E-state index in [1.54, 1.807) is 24.3 Å². The predicted molar refractivity (Wildman–Crippen MR) is 96.6 cm³/mol. The van der Waals surface area contributed by atoms with Crippen LogP contribution >= 0.6 is 0 Å². The van der Waals surface area contributed by atoms with Crippen LogP contribution in [0, 0.1) is 10.1 Å². The van der Waals surface area contributed by atoms with Crippen molar-refractivity contribution in [3.05, 3.63) is 69.8 Å². The summed E-state index contributed by atoms with van der Waals surface area (Å²) in [7, 11) is 0. The molecule has 0 saturated carbocycles. The standard InChI is InChI=1S/C19H17F2N3O4/c20-19(21)11-27-10-17(22)23-18(19)9-16(12-4-2-1-3-5-12)28-15-7-6-13(24(25)26)8-14(15)18/h1-8,16H,9-11H2,(H2,22,23)/t16?,18-/m1/s1. The molecule has 0 fully saturated rings. The van der Waals surface area contributed by atoms with E-state index in [1.165, 1.54) is 12.1 Å². The molecule has 4 rings (SSSR count). The monoisotopic (exact) mass is 389 g/mol. The minimum Gasteiger partial charge on any atom is -0.485 e. The normalized spacial score (nSPS) is 25.9. The van der Waals surface area contributed by atoms with E-state index >= 15 is 8.78 Å². The Balaban J connectivity index is 1.95. The van der Waals surface area contributed by atoms with Crippen LogP contribution in [-0.2, 0) is 10.3 Å². The molecular formula is C19H17F2N3O4. The van der Waals surface area contributed by atoms with Gasteiger partial charge < -0.3 is 15.2 Å². The Labute approximate surface area is 158 Å². The van der Waals surface area contributed by atoms with Gasteiger partial charge in [0, 0.05) is 24.1 Å². The number of benzene rings is 2. The lowest BCUT2D eigenvalue weighted by Gasteiger charge is -2.43. The zero-order valence-corrected chi connectivity index (χ0v) is 14.7. The molecule has 1 unspecified atom stereocenters. The number of nitrogens with zero attached hydrogens (tertiary/aromatic N) is 2. The third-order valence-corrected chi connectivity index (χ3v) is 5.01. The van der Waals surface area contributed by atoms with Crippen molar-refractivity contribution >= 4 is 11.5 Å². The van der Waals surface area contributed by atoms with Crippen molar-refractivity contribution in [1.29, 1.82) is 0 Å². The lowest BCUT2D eigenvalue weighted by Crippen LogP contribution is -2.50. The second-order valence-corrected chi connectivity index (χ2v) is 6.82. The minimum absolute atomic E-state index is 0.0627. The third-order valence-electron chi connectivity index (χ3n) is 5.01. The molecule has 1 spiro atoms. The molecule has 2 heterocycles. The average molecular weight is 389 g/mol. The number of hydrogen-bond donors (Lipinski definition) is 1. The summed E-state index contributed by atoms with van der Waals surface area (Å²) in [5.74, 6) is -3.43. The van der Waals surface area contributed by atoms with Crippen LogP contribution in [0.1, 0.15) is 23.7 Å². The molecule has 2 aliphatic rings. The summed E-state index contributed by atoms with van der Waals surface area (Å²) in [6.45, 7) is -1.14. The van der Waals surface area contributed by atoms with E-state index in [0.717, 1.165) is 6.07 Å². The Morgan fingerprint density at radius 2 is 1.96 bits per heavy atom. The molecule has 0 aromatic heterocycles. The lowest BCUT2D eigenvalue weighted by molar-refractivity contribution is -0.385. The van der Waals surface area contributed by atoms with Crippen molar-refractivity contribution in [2.75, 3.05) is 13.2 Å². The molecule has 2 aromatic carbocycles. The number of amidine groups is 1. The number of nitro groups is 1. The van der Waals surface area contributed by atoms with E-state index < -0.39 is 29.1 Å². The Bertz CT molecular complexity index is 951. The molecular weight excluding hydrogens is 372 g/mol. The van der Waals surface area contributed by atoms with E-state index in [-0.39, 0.29) is 35.9 Å². The smallest absolute Gasteiger partial charge is 0.299 e. The average Bonchev–Trinajstić information content (AvgIpc) is 2.78. The first-order valence-corrected chi connectivity index (χ1v) is 8.63. The quantitative estimate of drug-likeness (QED) is 0.627. The van der Waals surface area contributed by atoms with E-state index in [0.29, 0.717) is 5.56 Å². The maximum atomic E-state index is 15.4. The minimum atomic E-state index is -3.45. The maximum absolute atomic E-state index is 15.4. The van der Waals surface area contributed by atoms with Gasteiger partial charge in [-0.3, -0.25) is 15.1 Å². The van der Waals surface area contributed by atoms with Crippen molar-refractivity contribution in [3.63, 3.8) is 0 Å². The first-order valence-electron chi connectivity index (χ1n) is 8.63. The van der Waals surface area contributed by atoms with E-state index in [9.17, 15) is 10.1 Å². The number of aliphatic imine (C=N–C) groups is 1. The molecule has 0 bridgehead atoms. The number of ether oxygens (including phenoxy) is 2. The van der Waals surface area contributed by atoms with Crippen LogP contribution in [0.3, 0.4) is 0 Å². The molecule has 0 radical (unpaired) electrons. The predicted octanol–water partition coefficient (Wildman–Crippen LogP) is 3.34. The van der Waals surface area contributed by atoms with Crippen LogP contribution in [0.15, 0.2) is 53.5 Å². The van der Waals surface area contributed by atoms with Crippen LogP contribution < -0.4 is 10.5 Å². The molecule has 2 aromatic rings. The fourth-order valence-electron chi connectivity index (χ4n) is 3.70. The number of nitro benzene ring substituents is 1. The third kappa shape index (κ3) is 2.88. The van der Waals surface area contributed by atoms with Crippen LogP contribution in [0.5, 0.6) is 5.75 Å². The number of hydrogen-bond acceptors (Lipinski definition) is 6. The lowest BCUT2D eigenvalue weighted by atomic mass is 9.76. The highest BCUT2D eigenvalue weighted by Gasteiger charge is 2.61. The summed E-state index contributed by atoms with van der Waals surface area (Å²) in [5.41, 5.74) is 3.99. The summed E-state index contributed by atoms with van der Waals surface area (Å²) in [4.78, 5) is 14.7. The molecule has 0 aliphatic carbocycles. The molecule has 9 heteroatoms. The first-order chi connectivity index (χ1) is 13.3. The van der Waals surface area contributed by atoms with Crippen LogP contribution in [0.25, 0.3) is 0 Å². The molecule has 146 valence electrons. The van der Waals surface area contributed by atoms with Gasteiger partial charge in [0.15, 0.2) is 5.54 Å². The number of rotatable bonds is 2. The van der Waals surface area contributed by atoms with Gasteiger partial charge in [0.25, 0.3) is 11.6 Å². The fraction of sp³-hybridized carbons (Fsp3) is 0.316. The van der Waals surface area contributed by atoms with E-state index in [1.807, 2.05) is 6.07 Å². The SMILES string of the molecule is NC1=N[C@@]2(CC(c3ccccc3)Oc3ccc([N+](=O)[O-])cc32)C(F)(F)COC1. The highest BCUT2D eigenvalue weighted by Crippen LogP contribution is 2.55. The van der Waals surface area contributed by atoms with Crippen LogP contribution in [0.2, 0.25) is 0 Å². The van der Waals surface area contributed by atoms with Crippen molar-refractivity contribution in [1.82, 2.24) is 0 Å². The topological polar surface area (TPSA) is 100.0 Å². The van der Waals surface area contributed by atoms with Gasteiger partial charge in [0.1, 0.15) is 30.9 Å². The number of fused-ring (bicyclic) bond motifs is 2. The largest absolute Gasteiger partial charge is 0.485 e. The number of non-ortho nitro benzene ring substituents is 1. The zero-order chi connectivity index (χ0) is 19.9. The molecule has 2 aliphatic heterocycles. The summed E-state index contributed by atoms with van der Waals surface area (Å²) >= 11 is 0. The number of halogens is 2. The first kappa shape index (κ1) is 18.3. The van der Waals surface area contributed by atoms with Gasteiger partial charge in [-0.15, -0.1) is 0 Å². The van der Waals surface area contributed by atoms with Crippen molar-refractivity contribution < 1.29 is 23.2 Å². The summed E-state index contributed by atoms with van der Waals surface area (Å²) in [5, 5.41) is 11.2. The Kier molecular flexibility index (Phi) is 4.26. The highest BCUT2D eigenvalue weighted by atomic mass is 19.3. The van der Waals surface area contributed by atoms with Gasteiger partial charge in [-0.05, 0) is 11.6 Å². The van der Waals surface area contributed by atoms with E-state index in [4.69, 9.17) is 15.2 Å². The van der Waals surface area contributed by atoms with Crippen molar-refractivity contribution in [2.45, 2.75) is 24.0 Å². The Hall–Kier alpha value is -3.07. The summed E-state index contributed by atoms with van der Waals surface area (Å²) in [6, 6.07) is 12.6. The van der Waals surface area contributed by atoms with E-state index in [2.05, 4.69) is 4.99 Å². The van der Waals surface area contributed by atoms with Crippen LogP contribution in [-0.4, -0.2) is 29.9 Å². The molecule has 2 N–H and O–H groups in total. The molecule has 2 atom stereocenters. The van der Waals surface area contributed by atoms with Gasteiger partial charge in [-0.2, -0.15) is 0 Å². The highest BCUT2D eigenvalue weighted by molar-refractivity contribution is 5.82. The molecule has 0 saturated heterocycles. The molecule has 28 heavy (non-hydrogen) atoms. The van der Waals surface area contributed by atoms with Gasteiger partial charge in [0.2, 0.25) is 0 Å². The van der Waals surface area contributed by atoms with Crippen LogP contribution in [0.4, 0.5) is 14.5 Å². The second kappa shape index (κ2) is 6.52. The molecule has 7 nitrogen and oxygen atoms in total. The zero-order valence-electron chi connectivity index (χ0n) is 14.7. The number of nitrogens with two attached hydrogens (primary N) is 1. The van der Waals surface area contributed by atoms with Gasteiger partial charge in [-0.1, -0.05) is 30.3 Å². The van der Waals surface area contributed by atoms with Gasteiger partial charge in [0.05, 0.1) is 4.92 Å². The van der Waals surface area contributed by atoms with Crippen molar-refractivity contribution in [2.24, 2.45) is 10.7 Å².